The van der Waals surface area contributed by atoms with Gasteiger partial charge in [0.15, 0.2) is 0 Å². The Bertz CT molecular complexity index is 1030. The number of rotatable bonds is 14. The first-order valence-electron chi connectivity index (χ1n) is 14.8. The fourth-order valence-corrected chi connectivity index (χ4v) is 7.30. The molecule has 1 aliphatic heterocycles. The lowest BCUT2D eigenvalue weighted by molar-refractivity contribution is -0.139. The van der Waals surface area contributed by atoms with Crippen molar-refractivity contribution in [1.82, 2.24) is 20.3 Å². The zero-order chi connectivity index (χ0) is 28.0. The molecule has 11 nitrogen and oxygen atoms in total. The van der Waals surface area contributed by atoms with Crippen molar-refractivity contribution in [1.29, 1.82) is 0 Å². The predicted molar refractivity (Wildman–Crippen MR) is 144 cm³/mol. The van der Waals surface area contributed by atoms with E-state index in [-0.39, 0.29) is 18.6 Å². The van der Waals surface area contributed by atoms with E-state index in [0.717, 1.165) is 64.2 Å². The van der Waals surface area contributed by atoms with Gasteiger partial charge in [0.05, 0.1) is 5.25 Å². The zero-order valence-electron chi connectivity index (χ0n) is 23.0. The number of hydrogen-bond donors (Lipinski definition) is 3. The summed E-state index contributed by atoms with van der Waals surface area (Å²) < 4.78 is 32.5. The second-order valence-electron chi connectivity index (χ2n) is 11.7. The molecule has 4 rings (SSSR count). The summed E-state index contributed by atoms with van der Waals surface area (Å²) in [5.41, 5.74) is -1.27. The topological polar surface area (TPSA) is 151 Å². The van der Waals surface area contributed by atoms with Gasteiger partial charge in [-0.3, -0.25) is 19.1 Å². The molecule has 39 heavy (non-hydrogen) atoms. The number of likely N-dealkylation sites (tertiary alicyclic amines) is 1. The van der Waals surface area contributed by atoms with E-state index in [4.69, 9.17) is 4.74 Å². The van der Waals surface area contributed by atoms with Gasteiger partial charge in [-0.2, -0.15) is 0 Å². The van der Waals surface area contributed by atoms with Crippen molar-refractivity contribution in [3.8, 4) is 0 Å². The lowest BCUT2D eigenvalue weighted by atomic mass is 10.0. The van der Waals surface area contributed by atoms with Gasteiger partial charge in [0.25, 0.3) is 5.91 Å². The minimum atomic E-state index is -3.76. The monoisotopic (exact) mass is 568 g/mol. The Morgan fingerprint density at radius 2 is 1.67 bits per heavy atom. The van der Waals surface area contributed by atoms with Crippen LogP contribution in [0.15, 0.2) is 0 Å². The van der Waals surface area contributed by atoms with Gasteiger partial charge in [-0.1, -0.05) is 39.0 Å². The molecule has 0 bridgehead atoms. The van der Waals surface area contributed by atoms with E-state index < -0.39 is 50.7 Å². The van der Waals surface area contributed by atoms with Gasteiger partial charge < -0.3 is 20.3 Å². The van der Waals surface area contributed by atoms with Crippen LogP contribution >= 0.6 is 0 Å². The Balaban J connectivity index is 1.34. The van der Waals surface area contributed by atoms with Gasteiger partial charge in [-0.15, -0.1) is 0 Å². The van der Waals surface area contributed by atoms with E-state index in [2.05, 4.69) is 22.3 Å². The molecular formula is C27H44N4O7S. The fraction of sp³-hybridized carbons (Fsp3) is 0.852. The van der Waals surface area contributed by atoms with Gasteiger partial charge >= 0.3 is 6.09 Å². The minimum absolute atomic E-state index is 0.116. The summed E-state index contributed by atoms with van der Waals surface area (Å²) in [6, 6.07) is -0.777. The summed E-state index contributed by atoms with van der Waals surface area (Å²) in [5, 5.41) is 4.82. The molecular weight excluding hydrogens is 524 g/mol. The minimum Gasteiger partial charge on any atom is -0.446 e. The molecule has 0 radical (unpaired) electrons. The molecule has 3 N–H and O–H groups in total. The highest BCUT2D eigenvalue weighted by atomic mass is 32.2. The van der Waals surface area contributed by atoms with Gasteiger partial charge in [0, 0.05) is 6.54 Å². The average Bonchev–Trinajstić information content (AvgIpc) is 3.75. The maximum atomic E-state index is 13.4. The molecule has 0 aromatic carbocycles. The van der Waals surface area contributed by atoms with Crippen molar-refractivity contribution < 1.29 is 32.3 Å². The van der Waals surface area contributed by atoms with Crippen LogP contribution < -0.4 is 15.4 Å². The maximum Gasteiger partial charge on any atom is 0.407 e. The van der Waals surface area contributed by atoms with Crippen LogP contribution in [-0.2, 0) is 29.1 Å². The molecule has 4 aliphatic rings. The number of nitrogens with one attached hydrogen (secondary N) is 3. The molecule has 3 aliphatic carbocycles. The SMILES string of the molecule is CCCCCCC[C@@H]1C[C@]1(NC(=O)[C@@H]1CCCN1C(=O)CNC(=O)OC1CCCC1)C(=O)NS(=O)(=O)C1CC1. The first-order valence-corrected chi connectivity index (χ1v) is 16.3. The highest BCUT2D eigenvalue weighted by Gasteiger charge is 2.62. The molecule has 3 atom stereocenters. The summed E-state index contributed by atoms with van der Waals surface area (Å²) in [6.07, 6.45) is 11.5. The molecule has 1 saturated heterocycles. The first-order chi connectivity index (χ1) is 18.7. The Morgan fingerprint density at radius 1 is 0.949 bits per heavy atom. The molecule has 0 aromatic heterocycles. The second-order valence-corrected chi connectivity index (χ2v) is 13.6. The van der Waals surface area contributed by atoms with Gasteiger partial charge in [-0.05, 0) is 70.1 Å². The molecule has 3 saturated carbocycles. The van der Waals surface area contributed by atoms with Crippen LogP contribution in [0, 0.1) is 5.92 Å². The number of nitrogens with zero attached hydrogens (tertiary/aromatic N) is 1. The van der Waals surface area contributed by atoms with Crippen molar-refractivity contribution in [3.05, 3.63) is 0 Å². The van der Waals surface area contributed by atoms with E-state index >= 15 is 0 Å². The van der Waals surface area contributed by atoms with Crippen molar-refractivity contribution in [2.24, 2.45) is 5.92 Å². The third-order valence-corrected chi connectivity index (χ3v) is 10.4. The van der Waals surface area contributed by atoms with E-state index in [1.165, 1.54) is 4.90 Å². The molecule has 4 amide bonds. The molecule has 220 valence electrons. The van der Waals surface area contributed by atoms with Gasteiger partial charge in [-0.25, -0.2) is 13.2 Å². The summed E-state index contributed by atoms with van der Waals surface area (Å²) >= 11 is 0. The average molecular weight is 569 g/mol. The smallest absolute Gasteiger partial charge is 0.407 e. The normalized spacial score (nSPS) is 26.7. The fourth-order valence-electron chi connectivity index (χ4n) is 5.93. The zero-order valence-corrected chi connectivity index (χ0v) is 23.9. The largest absolute Gasteiger partial charge is 0.446 e. The number of alkyl carbamates (subject to hydrolysis) is 1. The van der Waals surface area contributed by atoms with Gasteiger partial charge in [0.1, 0.15) is 24.2 Å². The summed E-state index contributed by atoms with van der Waals surface area (Å²) in [6.45, 7) is 2.23. The molecule has 12 heteroatoms. The molecule has 0 unspecified atom stereocenters. The number of unbranched alkanes of at least 4 members (excludes halogenated alkanes) is 4. The third kappa shape index (κ3) is 7.64. The molecule has 4 fully saturated rings. The number of amides is 4. The second kappa shape index (κ2) is 12.9. The highest BCUT2D eigenvalue weighted by Crippen LogP contribution is 2.48. The van der Waals surface area contributed by atoms with Crippen molar-refractivity contribution >= 4 is 33.8 Å². The van der Waals surface area contributed by atoms with Crippen LogP contribution in [0.3, 0.4) is 0 Å². The quantitative estimate of drug-likeness (QED) is 0.272. The molecule has 1 heterocycles. The lowest BCUT2D eigenvalue weighted by Gasteiger charge is -2.27. The van der Waals surface area contributed by atoms with Crippen LogP contribution in [0.2, 0.25) is 0 Å². The number of hydrogen-bond acceptors (Lipinski definition) is 7. The van der Waals surface area contributed by atoms with E-state index in [9.17, 15) is 27.6 Å². The molecule has 0 aromatic rings. The third-order valence-electron chi connectivity index (χ3n) is 8.55. The summed E-state index contributed by atoms with van der Waals surface area (Å²) in [7, 11) is -3.76. The number of ether oxygens (including phenoxy) is 1. The molecule has 0 spiro atoms. The standard InChI is InChI=1S/C27H44N4O7S/c1-2-3-4-5-6-10-19-17-27(19,25(34)30-39(36,37)21-14-15-21)29-24(33)22-13-9-16-31(22)23(32)18-28-26(35)38-20-11-7-8-12-20/h19-22H,2-18H2,1H3,(H,28,35)(H,29,33)(H,30,34)/t19-,22+,27-/m1/s1. The number of carbonyl (C=O) groups excluding carboxylic acids is 4. The number of carbonyl (C=O) groups is 4. The van der Waals surface area contributed by atoms with Crippen LogP contribution in [0.1, 0.15) is 103 Å². The Labute approximate surface area is 231 Å². The maximum absolute atomic E-state index is 13.4. The van der Waals surface area contributed by atoms with E-state index in [1.54, 1.807) is 0 Å². The van der Waals surface area contributed by atoms with E-state index in [0.29, 0.717) is 38.6 Å². The van der Waals surface area contributed by atoms with Crippen LogP contribution in [-0.4, -0.2) is 73.2 Å². The van der Waals surface area contributed by atoms with Crippen molar-refractivity contribution in [2.45, 2.75) is 126 Å². The van der Waals surface area contributed by atoms with Crippen LogP contribution in [0.4, 0.5) is 4.79 Å². The predicted octanol–water partition coefficient (Wildman–Crippen LogP) is 2.49. The lowest BCUT2D eigenvalue weighted by Crippen LogP contribution is -2.57. The van der Waals surface area contributed by atoms with Gasteiger partial charge in [0.2, 0.25) is 21.8 Å². The summed E-state index contributed by atoms with van der Waals surface area (Å²) in [4.78, 5) is 53.1. The highest BCUT2D eigenvalue weighted by molar-refractivity contribution is 7.91. The Kier molecular flexibility index (Phi) is 9.77. The Morgan fingerprint density at radius 3 is 2.36 bits per heavy atom. The summed E-state index contributed by atoms with van der Waals surface area (Å²) in [5.74, 6) is -1.67. The van der Waals surface area contributed by atoms with Crippen molar-refractivity contribution in [2.75, 3.05) is 13.1 Å². The van der Waals surface area contributed by atoms with Crippen LogP contribution in [0.5, 0.6) is 0 Å². The first kappa shape index (κ1) is 29.6. The Hall–Kier alpha value is -2.37. The van der Waals surface area contributed by atoms with Crippen molar-refractivity contribution in [3.63, 3.8) is 0 Å². The number of sulfonamides is 1. The van der Waals surface area contributed by atoms with E-state index in [1.807, 2.05) is 0 Å². The van der Waals surface area contributed by atoms with Crippen LogP contribution in [0.25, 0.3) is 0 Å².